The van der Waals surface area contributed by atoms with Gasteiger partial charge in [-0.1, -0.05) is 0 Å². The van der Waals surface area contributed by atoms with Gasteiger partial charge in [0.15, 0.2) is 5.78 Å². The van der Waals surface area contributed by atoms with Gasteiger partial charge < -0.3 is 4.74 Å². The highest BCUT2D eigenvalue weighted by Gasteiger charge is 2.33. The third kappa shape index (κ3) is 4.09. The Hall–Kier alpha value is -3.32. The number of methoxy groups -OCH3 is 1. The molecule has 2 heterocycles. The molecule has 7 heteroatoms. The van der Waals surface area contributed by atoms with Gasteiger partial charge in [0, 0.05) is 21.6 Å². The van der Waals surface area contributed by atoms with Crippen LogP contribution in [0, 0.1) is 5.82 Å². The molecule has 5 rings (SSSR count). The Morgan fingerprint density at radius 3 is 2.55 bits per heavy atom. The maximum atomic E-state index is 13.3. The SMILES string of the molecule is COc1ccc(C2=NCC(=O)N(CC(=O)c3ccc(F)cc3)c3sc4c(c32)CCCC4)cc1. The number of hydrogen-bond acceptors (Lipinski definition) is 5. The van der Waals surface area contributed by atoms with Crippen LogP contribution in [0.2, 0.25) is 0 Å². The fraction of sp³-hybridized carbons (Fsp3) is 0.269. The molecule has 1 amide bonds. The van der Waals surface area contributed by atoms with Crippen LogP contribution < -0.4 is 9.64 Å². The average molecular weight is 463 g/mol. The third-order valence-electron chi connectivity index (χ3n) is 6.14. The lowest BCUT2D eigenvalue weighted by Gasteiger charge is -2.20. The molecule has 0 saturated heterocycles. The molecule has 0 N–H and O–H groups in total. The standard InChI is InChI=1S/C26H23FN2O3S/c1-32-19-12-8-17(9-13-19)25-24-20-4-2-3-5-22(20)33-26(24)29(23(31)14-28-25)15-21(30)16-6-10-18(27)11-7-16/h6-13H,2-5,14-15H2,1H3. The number of halogens is 1. The van der Waals surface area contributed by atoms with Gasteiger partial charge in [-0.25, -0.2) is 4.39 Å². The predicted octanol–water partition coefficient (Wildman–Crippen LogP) is 4.84. The number of ketones is 1. The van der Waals surface area contributed by atoms with E-state index in [0.717, 1.165) is 53.3 Å². The summed E-state index contributed by atoms with van der Waals surface area (Å²) in [4.78, 5) is 33.7. The van der Waals surface area contributed by atoms with Crippen molar-refractivity contribution in [2.24, 2.45) is 4.99 Å². The Morgan fingerprint density at radius 2 is 1.82 bits per heavy atom. The van der Waals surface area contributed by atoms with Gasteiger partial charge in [-0.2, -0.15) is 0 Å². The molecule has 2 aromatic carbocycles. The van der Waals surface area contributed by atoms with Crippen molar-refractivity contribution < 1.29 is 18.7 Å². The second-order valence-electron chi connectivity index (χ2n) is 8.19. The Bertz CT molecular complexity index is 1250. The molecule has 2 aliphatic rings. The van der Waals surface area contributed by atoms with Crippen LogP contribution in [0.1, 0.15) is 44.8 Å². The second kappa shape index (κ2) is 8.90. The van der Waals surface area contributed by atoms with Gasteiger partial charge in [0.25, 0.3) is 0 Å². The quantitative estimate of drug-likeness (QED) is 0.510. The van der Waals surface area contributed by atoms with Crippen molar-refractivity contribution in [3.05, 3.63) is 81.5 Å². The molecule has 3 aromatic rings. The van der Waals surface area contributed by atoms with Crippen molar-refractivity contribution in [1.82, 2.24) is 0 Å². The molecule has 33 heavy (non-hydrogen) atoms. The summed E-state index contributed by atoms with van der Waals surface area (Å²) in [6.07, 6.45) is 4.11. The molecule has 0 saturated carbocycles. The molecule has 0 bridgehead atoms. The summed E-state index contributed by atoms with van der Waals surface area (Å²) in [5.41, 5.74) is 4.30. The number of aryl methyl sites for hydroxylation is 1. The monoisotopic (exact) mass is 462 g/mol. The fourth-order valence-electron chi connectivity index (χ4n) is 4.43. The first-order chi connectivity index (χ1) is 16.0. The normalized spacial score (nSPS) is 15.4. The number of carbonyl (C=O) groups is 2. The van der Waals surface area contributed by atoms with Gasteiger partial charge >= 0.3 is 0 Å². The van der Waals surface area contributed by atoms with Crippen LogP contribution in [0.5, 0.6) is 5.75 Å². The van der Waals surface area contributed by atoms with Gasteiger partial charge in [0.2, 0.25) is 5.91 Å². The van der Waals surface area contributed by atoms with Gasteiger partial charge in [0.05, 0.1) is 19.4 Å². The first-order valence-electron chi connectivity index (χ1n) is 11.0. The summed E-state index contributed by atoms with van der Waals surface area (Å²) >= 11 is 1.60. The Morgan fingerprint density at radius 1 is 1.09 bits per heavy atom. The van der Waals surface area contributed by atoms with E-state index in [4.69, 9.17) is 9.73 Å². The zero-order valence-corrected chi connectivity index (χ0v) is 19.1. The van der Waals surface area contributed by atoms with Crippen molar-refractivity contribution in [2.75, 3.05) is 25.1 Å². The number of ether oxygens (including phenoxy) is 1. The topological polar surface area (TPSA) is 59.0 Å². The largest absolute Gasteiger partial charge is 0.497 e. The molecular weight excluding hydrogens is 439 g/mol. The van der Waals surface area contributed by atoms with E-state index in [-0.39, 0.29) is 24.8 Å². The third-order valence-corrected chi connectivity index (χ3v) is 7.45. The Kier molecular flexibility index (Phi) is 5.81. The molecule has 0 atom stereocenters. The minimum absolute atomic E-state index is 0.0335. The predicted molar refractivity (Wildman–Crippen MR) is 128 cm³/mol. The number of rotatable bonds is 5. The second-order valence-corrected chi connectivity index (χ2v) is 9.28. The number of anilines is 1. The molecule has 1 aromatic heterocycles. The summed E-state index contributed by atoms with van der Waals surface area (Å²) < 4.78 is 18.6. The minimum atomic E-state index is -0.400. The number of amides is 1. The highest BCUT2D eigenvalue weighted by molar-refractivity contribution is 7.17. The summed E-state index contributed by atoms with van der Waals surface area (Å²) in [5, 5.41) is 0.787. The number of Topliss-reactive ketones (excluding diaryl/α,β-unsaturated/α-hetero) is 1. The lowest BCUT2D eigenvalue weighted by atomic mass is 9.91. The van der Waals surface area contributed by atoms with E-state index in [2.05, 4.69) is 0 Å². The average Bonchev–Trinajstić information content (AvgIpc) is 3.16. The Labute approximate surface area is 195 Å². The summed E-state index contributed by atoms with van der Waals surface area (Å²) in [7, 11) is 1.63. The highest BCUT2D eigenvalue weighted by Crippen LogP contribution is 2.42. The van der Waals surface area contributed by atoms with Crippen LogP contribution in [-0.4, -0.2) is 37.6 Å². The van der Waals surface area contributed by atoms with Crippen molar-refractivity contribution in [2.45, 2.75) is 25.7 Å². The van der Waals surface area contributed by atoms with E-state index in [0.29, 0.717) is 5.56 Å². The Balaban J connectivity index is 1.58. The van der Waals surface area contributed by atoms with Gasteiger partial charge in [-0.3, -0.25) is 19.5 Å². The molecule has 0 radical (unpaired) electrons. The van der Waals surface area contributed by atoms with Crippen LogP contribution in [0.15, 0.2) is 53.5 Å². The zero-order chi connectivity index (χ0) is 22.9. The molecule has 0 fully saturated rings. The van der Waals surface area contributed by atoms with E-state index < -0.39 is 5.82 Å². The van der Waals surface area contributed by atoms with Crippen molar-refractivity contribution >= 4 is 33.7 Å². The summed E-state index contributed by atoms with van der Waals surface area (Å²) in [6, 6.07) is 13.1. The van der Waals surface area contributed by atoms with E-state index in [1.54, 1.807) is 23.3 Å². The van der Waals surface area contributed by atoms with Crippen LogP contribution >= 0.6 is 11.3 Å². The molecule has 1 aliphatic carbocycles. The lowest BCUT2D eigenvalue weighted by Crippen LogP contribution is -2.36. The number of fused-ring (bicyclic) bond motifs is 3. The smallest absolute Gasteiger partial charge is 0.249 e. The lowest BCUT2D eigenvalue weighted by molar-refractivity contribution is -0.117. The minimum Gasteiger partial charge on any atom is -0.497 e. The number of thiophene rings is 1. The number of benzene rings is 2. The number of hydrogen-bond donors (Lipinski definition) is 0. The van der Waals surface area contributed by atoms with Crippen LogP contribution in [-0.2, 0) is 17.6 Å². The van der Waals surface area contributed by atoms with E-state index in [1.807, 2.05) is 24.3 Å². The van der Waals surface area contributed by atoms with Crippen molar-refractivity contribution in [3.8, 4) is 5.75 Å². The number of aliphatic imine (C=N–C) groups is 1. The fourth-order valence-corrected chi connectivity index (χ4v) is 5.83. The van der Waals surface area contributed by atoms with Gasteiger partial charge in [-0.15, -0.1) is 11.3 Å². The molecular formula is C26H23FN2O3S. The first kappa shape index (κ1) is 21.5. The van der Waals surface area contributed by atoms with Crippen molar-refractivity contribution in [1.29, 1.82) is 0 Å². The van der Waals surface area contributed by atoms with Crippen LogP contribution in [0.25, 0.3) is 0 Å². The summed E-state index contributed by atoms with van der Waals surface area (Å²) in [5.74, 6) is -0.0892. The first-order valence-corrected chi connectivity index (χ1v) is 11.8. The number of carbonyl (C=O) groups excluding carboxylic acids is 2. The van der Waals surface area contributed by atoms with Crippen LogP contribution in [0.4, 0.5) is 9.39 Å². The van der Waals surface area contributed by atoms with Crippen LogP contribution in [0.3, 0.4) is 0 Å². The highest BCUT2D eigenvalue weighted by atomic mass is 32.1. The molecule has 0 spiro atoms. The maximum Gasteiger partial charge on any atom is 0.249 e. The van der Waals surface area contributed by atoms with E-state index >= 15 is 0 Å². The van der Waals surface area contributed by atoms with Gasteiger partial charge in [0.1, 0.15) is 23.1 Å². The summed E-state index contributed by atoms with van der Waals surface area (Å²) in [6.45, 7) is -0.128. The zero-order valence-electron chi connectivity index (χ0n) is 18.3. The van der Waals surface area contributed by atoms with E-state index in [9.17, 15) is 14.0 Å². The maximum absolute atomic E-state index is 13.3. The molecule has 168 valence electrons. The van der Waals surface area contributed by atoms with Gasteiger partial charge in [-0.05, 0) is 79.8 Å². The number of nitrogens with zero attached hydrogens (tertiary/aromatic N) is 2. The molecule has 5 nitrogen and oxygen atoms in total. The van der Waals surface area contributed by atoms with E-state index in [1.165, 1.54) is 34.7 Å². The molecule has 0 unspecified atom stereocenters. The molecule has 1 aliphatic heterocycles. The van der Waals surface area contributed by atoms with Crippen molar-refractivity contribution in [3.63, 3.8) is 0 Å².